The number of ketones is 1. The highest BCUT2D eigenvalue weighted by molar-refractivity contribution is 6.38. The molecule has 256 valence electrons. The average Bonchev–Trinajstić information content (AvgIpc) is 3.03. The zero-order valence-electron chi connectivity index (χ0n) is 27.8. The maximum atomic E-state index is 13.5. The number of hydrogen-bond acceptors (Lipinski definition) is 8. The molecule has 13 heteroatoms. The molecule has 0 aliphatic rings. The van der Waals surface area contributed by atoms with Gasteiger partial charge >= 0.3 is 12.2 Å². The second-order valence-electron chi connectivity index (χ2n) is 12.1. The van der Waals surface area contributed by atoms with Crippen LogP contribution in [0, 0.1) is 0 Å². The smallest absolute Gasteiger partial charge is 0.408 e. The van der Waals surface area contributed by atoms with Gasteiger partial charge in [-0.3, -0.25) is 19.2 Å². The van der Waals surface area contributed by atoms with Gasteiger partial charge in [0.25, 0.3) is 5.91 Å². The van der Waals surface area contributed by atoms with Crippen LogP contribution in [0.3, 0.4) is 0 Å². The first-order valence-electron chi connectivity index (χ1n) is 15.6. The fourth-order valence-corrected chi connectivity index (χ4v) is 4.21. The highest BCUT2D eigenvalue weighted by Gasteiger charge is 2.30. The fraction of sp³-hybridized carbons (Fsp3) is 0.471. The second-order valence-corrected chi connectivity index (χ2v) is 12.1. The Labute approximate surface area is 276 Å². The molecule has 0 aliphatic carbocycles. The molecule has 0 aromatic heterocycles. The minimum Gasteiger partial charge on any atom is -0.445 e. The van der Waals surface area contributed by atoms with Gasteiger partial charge in [-0.05, 0) is 57.6 Å². The van der Waals surface area contributed by atoms with Gasteiger partial charge in [0.2, 0.25) is 17.6 Å². The molecule has 2 rings (SSSR count). The summed E-state index contributed by atoms with van der Waals surface area (Å²) in [5.41, 5.74) is 0.861. The summed E-state index contributed by atoms with van der Waals surface area (Å²) in [5.74, 6) is -2.79. The van der Waals surface area contributed by atoms with Crippen molar-refractivity contribution in [2.45, 2.75) is 83.7 Å². The van der Waals surface area contributed by atoms with Gasteiger partial charge < -0.3 is 35.6 Å². The number of carbonyl (C=O) groups excluding carboxylic acids is 6. The number of ether oxygens (including phenoxy) is 2. The molecule has 5 amide bonds. The lowest BCUT2D eigenvalue weighted by atomic mass is 10.0. The Balaban J connectivity index is 2.11. The van der Waals surface area contributed by atoms with Gasteiger partial charge in [0, 0.05) is 33.6 Å². The Kier molecular flexibility index (Phi) is 15.9. The largest absolute Gasteiger partial charge is 0.445 e. The van der Waals surface area contributed by atoms with E-state index in [1.54, 1.807) is 83.4 Å². The minimum absolute atomic E-state index is 0.0440. The van der Waals surface area contributed by atoms with Gasteiger partial charge in [-0.2, -0.15) is 0 Å². The van der Waals surface area contributed by atoms with Crippen molar-refractivity contribution in [3.05, 3.63) is 71.8 Å². The van der Waals surface area contributed by atoms with Gasteiger partial charge in [-0.15, -0.1) is 0 Å². The van der Waals surface area contributed by atoms with E-state index in [0.717, 1.165) is 11.1 Å². The molecule has 47 heavy (non-hydrogen) atoms. The lowest BCUT2D eigenvalue weighted by Crippen LogP contribution is -2.54. The number of Topliss-reactive ketones (excluding diaryl/α,β-unsaturated/α-hetero) is 1. The number of alkyl carbamates (subject to hydrolysis) is 2. The second kappa shape index (κ2) is 19.5. The van der Waals surface area contributed by atoms with Crippen molar-refractivity contribution in [1.29, 1.82) is 0 Å². The number of carbonyl (C=O) groups is 6. The fourth-order valence-electron chi connectivity index (χ4n) is 4.21. The Morgan fingerprint density at radius 2 is 1.36 bits per heavy atom. The number of nitrogens with one attached hydrogen (secondary N) is 4. The van der Waals surface area contributed by atoms with Crippen LogP contribution in [0.5, 0.6) is 0 Å². The molecule has 0 saturated carbocycles. The van der Waals surface area contributed by atoms with Crippen LogP contribution in [0.1, 0.15) is 64.0 Å². The number of amides is 5. The molecule has 0 radical (unpaired) electrons. The SMILES string of the molecule is CN(C)C(=O)CC[C@H](NC(=O)OCc1ccccc1)C(=O)N[C@@H](CCCCNC(=O)OC(C)(C)C)C(=O)C(=O)NCc1ccccc1. The molecule has 2 atom stereocenters. The first-order valence-corrected chi connectivity index (χ1v) is 15.6. The van der Waals surface area contributed by atoms with E-state index in [0.29, 0.717) is 12.8 Å². The Hall–Kier alpha value is -4.94. The van der Waals surface area contributed by atoms with E-state index in [1.165, 1.54) is 4.90 Å². The monoisotopic (exact) mass is 653 g/mol. The topological polar surface area (TPSA) is 172 Å². The summed E-state index contributed by atoms with van der Waals surface area (Å²) >= 11 is 0. The first kappa shape index (κ1) is 38.2. The van der Waals surface area contributed by atoms with E-state index in [1.807, 2.05) is 12.1 Å². The Bertz CT molecular complexity index is 1330. The van der Waals surface area contributed by atoms with Crippen molar-refractivity contribution in [3.8, 4) is 0 Å². The molecule has 0 aliphatic heterocycles. The highest BCUT2D eigenvalue weighted by Crippen LogP contribution is 2.09. The molecular weight excluding hydrogens is 606 g/mol. The standard InChI is InChI=1S/C34H47N5O8/c1-34(2,3)47-32(44)35-21-13-12-18-26(29(41)31(43)36-22-24-14-8-6-9-15-24)37-30(42)27(19-20-28(40)39(4)5)38-33(45)46-23-25-16-10-7-11-17-25/h6-11,14-17,26-27H,12-13,18-23H2,1-5H3,(H,35,44)(H,36,43)(H,37,42)(H,38,45)/t26-,27-/m0/s1. The van der Waals surface area contributed by atoms with Crippen LogP contribution in [0.15, 0.2) is 60.7 Å². The van der Waals surface area contributed by atoms with Crippen molar-refractivity contribution in [2.24, 2.45) is 0 Å². The third-order valence-corrected chi connectivity index (χ3v) is 6.71. The molecule has 2 aromatic rings. The van der Waals surface area contributed by atoms with Gasteiger partial charge in [0.05, 0.1) is 6.04 Å². The van der Waals surface area contributed by atoms with Crippen LogP contribution < -0.4 is 21.3 Å². The molecule has 0 fully saturated rings. The lowest BCUT2D eigenvalue weighted by Gasteiger charge is -2.23. The molecular formula is C34H47N5O8. The number of hydrogen-bond donors (Lipinski definition) is 4. The third kappa shape index (κ3) is 15.8. The van der Waals surface area contributed by atoms with Crippen molar-refractivity contribution in [2.75, 3.05) is 20.6 Å². The van der Waals surface area contributed by atoms with Crippen LogP contribution in [-0.4, -0.2) is 78.9 Å². The number of nitrogens with zero attached hydrogens (tertiary/aromatic N) is 1. The maximum Gasteiger partial charge on any atom is 0.408 e. The van der Waals surface area contributed by atoms with Gasteiger partial charge in [-0.1, -0.05) is 60.7 Å². The summed E-state index contributed by atoms with van der Waals surface area (Å²) in [5, 5.41) is 10.3. The van der Waals surface area contributed by atoms with Gasteiger partial charge in [-0.25, -0.2) is 9.59 Å². The van der Waals surface area contributed by atoms with E-state index < -0.39 is 47.5 Å². The molecule has 0 saturated heterocycles. The van der Waals surface area contributed by atoms with Gasteiger partial charge in [0.15, 0.2) is 0 Å². The molecule has 0 bridgehead atoms. The maximum absolute atomic E-state index is 13.5. The molecule has 0 heterocycles. The average molecular weight is 654 g/mol. The predicted octanol–water partition coefficient (Wildman–Crippen LogP) is 3.22. The van der Waals surface area contributed by atoms with E-state index >= 15 is 0 Å². The van der Waals surface area contributed by atoms with Crippen LogP contribution >= 0.6 is 0 Å². The van der Waals surface area contributed by atoms with Crippen molar-refractivity contribution >= 4 is 35.7 Å². The quantitative estimate of drug-likeness (QED) is 0.149. The normalized spacial score (nSPS) is 12.1. The zero-order chi connectivity index (χ0) is 34.8. The molecule has 13 nitrogen and oxygen atoms in total. The number of unbranched alkanes of at least 4 members (excludes halogenated alkanes) is 1. The Morgan fingerprint density at radius 3 is 1.96 bits per heavy atom. The van der Waals surface area contributed by atoms with Crippen LogP contribution in [0.4, 0.5) is 9.59 Å². The summed E-state index contributed by atoms with van der Waals surface area (Å²) in [7, 11) is 3.14. The summed E-state index contributed by atoms with van der Waals surface area (Å²) in [4.78, 5) is 78.0. The molecule has 4 N–H and O–H groups in total. The van der Waals surface area contributed by atoms with Crippen LogP contribution in [0.2, 0.25) is 0 Å². The summed E-state index contributed by atoms with van der Waals surface area (Å²) in [6.45, 7) is 5.54. The molecule has 0 spiro atoms. The van der Waals surface area contributed by atoms with Crippen LogP contribution in [-0.2, 0) is 41.8 Å². The highest BCUT2D eigenvalue weighted by atomic mass is 16.6. The van der Waals surface area contributed by atoms with E-state index in [2.05, 4.69) is 21.3 Å². The summed E-state index contributed by atoms with van der Waals surface area (Å²) in [6.07, 6.45) is -0.770. The minimum atomic E-state index is -1.24. The number of rotatable bonds is 17. The lowest BCUT2D eigenvalue weighted by molar-refractivity contribution is -0.140. The number of benzene rings is 2. The zero-order valence-corrected chi connectivity index (χ0v) is 27.8. The van der Waals surface area contributed by atoms with Crippen molar-refractivity contribution in [3.63, 3.8) is 0 Å². The predicted molar refractivity (Wildman–Crippen MR) is 175 cm³/mol. The molecule has 0 unspecified atom stereocenters. The Morgan fingerprint density at radius 1 is 0.745 bits per heavy atom. The first-order chi connectivity index (χ1) is 22.2. The van der Waals surface area contributed by atoms with E-state index in [-0.39, 0.29) is 44.9 Å². The summed E-state index contributed by atoms with van der Waals surface area (Å²) < 4.78 is 10.5. The van der Waals surface area contributed by atoms with Crippen molar-refractivity contribution < 1.29 is 38.2 Å². The van der Waals surface area contributed by atoms with E-state index in [4.69, 9.17) is 9.47 Å². The van der Waals surface area contributed by atoms with Crippen LogP contribution in [0.25, 0.3) is 0 Å². The van der Waals surface area contributed by atoms with Crippen molar-refractivity contribution in [1.82, 2.24) is 26.2 Å². The third-order valence-electron chi connectivity index (χ3n) is 6.71. The molecule has 2 aromatic carbocycles. The van der Waals surface area contributed by atoms with Gasteiger partial charge in [0.1, 0.15) is 18.2 Å². The summed E-state index contributed by atoms with van der Waals surface area (Å²) in [6, 6.07) is 15.5. The van der Waals surface area contributed by atoms with E-state index in [9.17, 15) is 28.8 Å².